The monoisotopic (exact) mass is 624 g/mol. The van der Waals surface area contributed by atoms with Gasteiger partial charge in [0.25, 0.3) is 0 Å². The Kier molecular flexibility index (Phi) is 8.27. The van der Waals surface area contributed by atoms with Crippen molar-refractivity contribution in [2.75, 3.05) is 25.5 Å². The van der Waals surface area contributed by atoms with Crippen molar-refractivity contribution in [1.82, 2.24) is 24.8 Å². The summed E-state index contributed by atoms with van der Waals surface area (Å²) in [5.74, 6) is 1.51. The Balaban J connectivity index is 1.17. The second-order valence-corrected chi connectivity index (χ2v) is 11.8. The molecule has 46 heavy (non-hydrogen) atoms. The van der Waals surface area contributed by atoms with E-state index >= 15 is 4.39 Å². The zero-order valence-electron chi connectivity index (χ0n) is 26.1. The van der Waals surface area contributed by atoms with E-state index in [-0.39, 0.29) is 17.9 Å². The molecule has 0 radical (unpaired) electrons. The molecular formula is C34H33FN6O5. The number of amides is 1. The van der Waals surface area contributed by atoms with Crippen molar-refractivity contribution in [2.45, 2.75) is 39.4 Å². The molecule has 11 nitrogen and oxygen atoms in total. The standard InChI is InChI=1S/C34H33FN6O5/c1-20-6-7-21(15-37-20)22-10-24(16-36-14-22)44-23-8-9-28(27(35)11-23)40-32-26-12-31(30(43-5)13-29(26)38-19-39-32)45-25-17-41(18-25)33(42)46-34(2,3)4/h6-16,19,25H,17-18H2,1-5H3,(H,38,39,40). The van der Waals surface area contributed by atoms with E-state index in [1.165, 1.54) is 19.5 Å². The number of halogens is 1. The minimum absolute atomic E-state index is 0.190. The van der Waals surface area contributed by atoms with Crippen molar-refractivity contribution in [3.8, 4) is 34.1 Å². The molecule has 0 aliphatic carbocycles. The number of pyridine rings is 2. The summed E-state index contributed by atoms with van der Waals surface area (Å²) in [5.41, 5.74) is 2.82. The molecule has 2 aromatic carbocycles. The second kappa shape index (κ2) is 12.5. The zero-order chi connectivity index (χ0) is 32.4. The molecule has 6 rings (SSSR count). The van der Waals surface area contributed by atoms with Crippen LogP contribution in [0.3, 0.4) is 0 Å². The number of nitrogens with one attached hydrogen (secondary N) is 1. The third-order valence-electron chi connectivity index (χ3n) is 7.10. The summed E-state index contributed by atoms with van der Waals surface area (Å²) >= 11 is 0. The van der Waals surface area contributed by atoms with E-state index < -0.39 is 11.4 Å². The largest absolute Gasteiger partial charge is 0.493 e. The number of benzene rings is 2. The quantitative estimate of drug-likeness (QED) is 0.192. The molecule has 1 aliphatic heterocycles. The Morgan fingerprint density at radius 2 is 1.76 bits per heavy atom. The fourth-order valence-electron chi connectivity index (χ4n) is 4.78. The van der Waals surface area contributed by atoms with E-state index in [4.69, 9.17) is 18.9 Å². The Bertz CT molecular complexity index is 1890. The van der Waals surface area contributed by atoms with E-state index in [1.807, 2.05) is 45.9 Å². The number of anilines is 2. The maximum absolute atomic E-state index is 15.4. The van der Waals surface area contributed by atoms with E-state index in [2.05, 4.69) is 25.3 Å². The molecule has 0 unspecified atom stereocenters. The molecule has 1 fully saturated rings. The molecular weight excluding hydrogens is 591 g/mol. The second-order valence-electron chi connectivity index (χ2n) is 11.8. The topological polar surface area (TPSA) is 121 Å². The van der Waals surface area contributed by atoms with E-state index in [0.717, 1.165) is 16.8 Å². The molecule has 4 heterocycles. The highest BCUT2D eigenvalue weighted by molar-refractivity contribution is 5.93. The van der Waals surface area contributed by atoms with Crippen LogP contribution >= 0.6 is 0 Å². The maximum atomic E-state index is 15.4. The van der Waals surface area contributed by atoms with Gasteiger partial charge in [-0.25, -0.2) is 19.2 Å². The van der Waals surface area contributed by atoms with Gasteiger partial charge >= 0.3 is 6.09 Å². The summed E-state index contributed by atoms with van der Waals surface area (Å²) in [6.45, 7) is 8.13. The van der Waals surface area contributed by atoms with Gasteiger partial charge < -0.3 is 29.2 Å². The molecule has 5 aromatic rings. The van der Waals surface area contributed by atoms with Crippen LogP contribution in [0.1, 0.15) is 26.5 Å². The zero-order valence-corrected chi connectivity index (χ0v) is 26.1. The number of hydrogen-bond acceptors (Lipinski definition) is 10. The third-order valence-corrected chi connectivity index (χ3v) is 7.10. The lowest BCUT2D eigenvalue weighted by Gasteiger charge is -2.39. The first kappa shape index (κ1) is 30.5. The molecule has 1 saturated heterocycles. The Labute approximate surface area is 265 Å². The van der Waals surface area contributed by atoms with Gasteiger partial charge in [-0.2, -0.15) is 0 Å². The van der Waals surface area contributed by atoms with Crippen LogP contribution in [0.25, 0.3) is 22.0 Å². The van der Waals surface area contributed by atoms with Crippen LogP contribution < -0.4 is 19.5 Å². The SMILES string of the molecule is COc1cc2ncnc(Nc3ccc(Oc4cncc(-c5ccc(C)nc5)c4)cc3F)c2cc1OC1CN(C(=O)OC(C)(C)C)C1. The summed E-state index contributed by atoms with van der Waals surface area (Å²) in [6, 6.07) is 13.7. The molecule has 12 heteroatoms. The van der Waals surface area contributed by atoms with E-state index in [1.54, 1.807) is 47.8 Å². The average molecular weight is 625 g/mol. The molecule has 0 saturated carbocycles. The average Bonchev–Trinajstić information content (AvgIpc) is 2.99. The minimum atomic E-state index is -0.579. The van der Waals surface area contributed by atoms with Crippen molar-refractivity contribution < 1.29 is 28.1 Å². The number of likely N-dealkylation sites (tertiary alicyclic amines) is 1. The molecule has 236 valence electrons. The fraction of sp³-hybridized carbons (Fsp3) is 0.265. The number of aryl methyl sites for hydroxylation is 1. The number of nitrogens with zero attached hydrogens (tertiary/aromatic N) is 5. The van der Waals surface area contributed by atoms with Crippen LogP contribution in [0.4, 0.5) is 20.7 Å². The Morgan fingerprint density at radius 1 is 0.935 bits per heavy atom. The lowest BCUT2D eigenvalue weighted by Crippen LogP contribution is -2.57. The lowest BCUT2D eigenvalue weighted by molar-refractivity contribution is -0.0225. The predicted octanol–water partition coefficient (Wildman–Crippen LogP) is 7.08. The van der Waals surface area contributed by atoms with Gasteiger partial charge in [-0.05, 0) is 58.0 Å². The molecule has 1 amide bonds. The molecule has 1 N–H and O–H groups in total. The highest BCUT2D eigenvalue weighted by Crippen LogP contribution is 2.37. The Hall–Kier alpha value is -5.52. The molecule has 0 atom stereocenters. The van der Waals surface area contributed by atoms with Crippen LogP contribution in [0.15, 0.2) is 73.4 Å². The highest BCUT2D eigenvalue weighted by Gasteiger charge is 2.35. The summed E-state index contributed by atoms with van der Waals surface area (Å²) in [6.07, 6.45) is 5.79. The van der Waals surface area contributed by atoms with Crippen LogP contribution in [0.5, 0.6) is 23.0 Å². The number of carbonyl (C=O) groups is 1. The van der Waals surface area contributed by atoms with Crippen molar-refractivity contribution in [3.05, 3.63) is 85.0 Å². The molecule has 3 aromatic heterocycles. The first-order chi connectivity index (χ1) is 22.0. The summed E-state index contributed by atoms with van der Waals surface area (Å²) in [4.78, 5) is 31.2. The number of aromatic nitrogens is 4. The van der Waals surface area contributed by atoms with Crippen LogP contribution in [0.2, 0.25) is 0 Å². The number of hydrogen-bond donors (Lipinski definition) is 1. The minimum Gasteiger partial charge on any atom is -0.493 e. The number of ether oxygens (including phenoxy) is 4. The first-order valence-electron chi connectivity index (χ1n) is 14.6. The van der Waals surface area contributed by atoms with E-state index in [0.29, 0.717) is 52.8 Å². The van der Waals surface area contributed by atoms with Gasteiger partial charge in [0.15, 0.2) is 11.5 Å². The Morgan fingerprint density at radius 3 is 2.48 bits per heavy atom. The molecule has 1 aliphatic rings. The van der Waals surface area contributed by atoms with Gasteiger partial charge in [-0.1, -0.05) is 6.07 Å². The number of carbonyl (C=O) groups excluding carboxylic acids is 1. The summed E-state index contributed by atoms with van der Waals surface area (Å²) < 4.78 is 38.4. The van der Waals surface area contributed by atoms with Crippen molar-refractivity contribution in [2.24, 2.45) is 0 Å². The van der Waals surface area contributed by atoms with E-state index in [9.17, 15) is 4.79 Å². The number of methoxy groups -OCH3 is 1. The van der Waals surface area contributed by atoms with Gasteiger partial charge in [0, 0.05) is 46.7 Å². The fourth-order valence-corrected chi connectivity index (χ4v) is 4.78. The molecule has 0 spiro atoms. The van der Waals surface area contributed by atoms with Gasteiger partial charge in [0.2, 0.25) is 0 Å². The normalized spacial score (nSPS) is 13.2. The van der Waals surface area contributed by atoms with Crippen LogP contribution in [-0.4, -0.2) is 62.8 Å². The summed E-state index contributed by atoms with van der Waals surface area (Å²) in [5, 5.41) is 3.66. The maximum Gasteiger partial charge on any atom is 0.410 e. The van der Waals surface area contributed by atoms with Crippen molar-refractivity contribution in [1.29, 1.82) is 0 Å². The number of rotatable bonds is 8. The van der Waals surface area contributed by atoms with Crippen LogP contribution in [-0.2, 0) is 4.74 Å². The first-order valence-corrected chi connectivity index (χ1v) is 14.6. The van der Waals surface area contributed by atoms with Gasteiger partial charge in [-0.3, -0.25) is 9.97 Å². The van der Waals surface area contributed by atoms with Crippen LogP contribution in [0, 0.1) is 12.7 Å². The van der Waals surface area contributed by atoms with Gasteiger partial charge in [-0.15, -0.1) is 0 Å². The summed E-state index contributed by atoms with van der Waals surface area (Å²) in [7, 11) is 1.53. The van der Waals surface area contributed by atoms with Gasteiger partial charge in [0.1, 0.15) is 41.2 Å². The predicted molar refractivity (Wildman–Crippen MR) is 170 cm³/mol. The smallest absolute Gasteiger partial charge is 0.410 e. The van der Waals surface area contributed by atoms with Crippen molar-refractivity contribution in [3.63, 3.8) is 0 Å². The highest BCUT2D eigenvalue weighted by atomic mass is 19.1. The van der Waals surface area contributed by atoms with Crippen molar-refractivity contribution >= 4 is 28.5 Å². The number of fused-ring (bicyclic) bond motifs is 1. The molecule has 0 bridgehead atoms. The third kappa shape index (κ3) is 6.90. The lowest BCUT2D eigenvalue weighted by atomic mass is 10.1. The van der Waals surface area contributed by atoms with Gasteiger partial charge in [0.05, 0.1) is 37.6 Å².